The Morgan fingerprint density at radius 1 is 1.06 bits per heavy atom. The normalized spacial score (nSPS) is 49.9. The Hall–Kier alpha value is -0.920. The van der Waals surface area contributed by atoms with Crippen LogP contribution in [0.5, 0.6) is 0 Å². The molecule has 3 saturated carbocycles. The second-order valence-electron chi connectivity index (χ2n) is 7.14. The zero-order valence-corrected chi connectivity index (χ0v) is 11.1. The van der Waals surface area contributed by atoms with Gasteiger partial charge < -0.3 is 0 Å². The lowest BCUT2D eigenvalue weighted by atomic mass is 9.51. The summed E-state index contributed by atoms with van der Waals surface area (Å²) in [7, 11) is 0. The average Bonchev–Trinajstić information content (AvgIpc) is 2.85. The molecule has 0 radical (unpaired) electrons. The van der Waals surface area contributed by atoms with Crippen molar-refractivity contribution in [1.29, 1.82) is 0 Å². The van der Waals surface area contributed by atoms with Crippen molar-refractivity contribution < 1.29 is 9.59 Å². The molecule has 0 heterocycles. The fraction of sp³-hybridized carbons (Fsp3) is 0.750. The first-order valence-corrected chi connectivity index (χ1v) is 7.31. The van der Waals surface area contributed by atoms with E-state index in [0.717, 1.165) is 38.5 Å². The largest absolute Gasteiger partial charge is 0.299 e. The van der Waals surface area contributed by atoms with Crippen LogP contribution in [0.2, 0.25) is 0 Å². The molecule has 0 aromatic rings. The van der Waals surface area contributed by atoms with Crippen LogP contribution in [0.3, 0.4) is 0 Å². The number of hydrogen-bond acceptors (Lipinski definition) is 2. The van der Waals surface area contributed by atoms with E-state index >= 15 is 0 Å². The summed E-state index contributed by atoms with van der Waals surface area (Å²) < 4.78 is 0. The topological polar surface area (TPSA) is 34.1 Å². The quantitative estimate of drug-likeness (QED) is 0.655. The van der Waals surface area contributed by atoms with E-state index in [1.54, 1.807) is 0 Å². The molecule has 0 bridgehead atoms. The summed E-state index contributed by atoms with van der Waals surface area (Å²) >= 11 is 0. The number of allylic oxidation sites excluding steroid dienone is 2. The van der Waals surface area contributed by atoms with Crippen LogP contribution in [0.15, 0.2) is 11.6 Å². The summed E-state index contributed by atoms with van der Waals surface area (Å²) in [6, 6.07) is 0. The van der Waals surface area contributed by atoms with Crippen LogP contribution < -0.4 is 0 Å². The van der Waals surface area contributed by atoms with Crippen LogP contribution in [0.4, 0.5) is 0 Å². The van der Waals surface area contributed by atoms with E-state index in [0.29, 0.717) is 12.2 Å². The van der Waals surface area contributed by atoms with Crippen molar-refractivity contribution >= 4 is 11.6 Å². The van der Waals surface area contributed by atoms with E-state index in [1.807, 2.05) is 6.08 Å². The highest BCUT2D eigenvalue weighted by atomic mass is 16.1. The third-order valence-corrected chi connectivity index (χ3v) is 6.75. The first-order valence-electron chi connectivity index (χ1n) is 7.31. The minimum atomic E-state index is -0.170. The van der Waals surface area contributed by atoms with Crippen LogP contribution in [-0.4, -0.2) is 11.6 Å². The van der Waals surface area contributed by atoms with Gasteiger partial charge in [0.05, 0.1) is 0 Å². The van der Waals surface area contributed by atoms with E-state index < -0.39 is 0 Å². The SMILES string of the molecule is C[C@@]12CCCC(=O)[C@@]13CCC1=CC(=O)C[C@@]13CC2. The molecule has 4 aliphatic carbocycles. The maximum absolute atomic E-state index is 12.8. The second kappa shape index (κ2) is 2.97. The summed E-state index contributed by atoms with van der Waals surface area (Å²) in [6.07, 6.45) is 9.72. The number of carbonyl (C=O) groups excluding carboxylic acids is 2. The van der Waals surface area contributed by atoms with E-state index in [-0.39, 0.29) is 22.0 Å². The highest BCUT2D eigenvalue weighted by Gasteiger charge is 2.73. The van der Waals surface area contributed by atoms with Crippen LogP contribution in [0, 0.1) is 16.2 Å². The van der Waals surface area contributed by atoms with Gasteiger partial charge in [-0.25, -0.2) is 0 Å². The third-order valence-electron chi connectivity index (χ3n) is 6.75. The molecule has 2 heteroatoms. The fourth-order valence-corrected chi connectivity index (χ4v) is 6.07. The minimum absolute atomic E-state index is 0.0453. The van der Waals surface area contributed by atoms with Gasteiger partial charge >= 0.3 is 0 Å². The molecule has 0 amide bonds. The van der Waals surface area contributed by atoms with E-state index in [2.05, 4.69) is 6.92 Å². The fourth-order valence-electron chi connectivity index (χ4n) is 6.07. The average molecular weight is 244 g/mol. The van der Waals surface area contributed by atoms with Crippen molar-refractivity contribution in [3.63, 3.8) is 0 Å². The van der Waals surface area contributed by atoms with Gasteiger partial charge in [-0.1, -0.05) is 12.5 Å². The number of hydrogen-bond donors (Lipinski definition) is 0. The van der Waals surface area contributed by atoms with Gasteiger partial charge in [0.25, 0.3) is 0 Å². The molecular formula is C16H20O2. The van der Waals surface area contributed by atoms with Crippen molar-refractivity contribution in [3.8, 4) is 0 Å². The van der Waals surface area contributed by atoms with E-state index in [9.17, 15) is 9.59 Å². The number of rotatable bonds is 0. The predicted octanol–water partition coefficient (Wildman–Crippen LogP) is 3.21. The molecule has 2 nitrogen and oxygen atoms in total. The molecule has 96 valence electrons. The Bertz CT molecular complexity index is 503. The van der Waals surface area contributed by atoms with Crippen molar-refractivity contribution in [2.45, 2.75) is 58.3 Å². The summed E-state index contributed by atoms with van der Waals surface area (Å²) in [6.45, 7) is 2.32. The van der Waals surface area contributed by atoms with Crippen molar-refractivity contribution in [2.75, 3.05) is 0 Å². The second-order valence-corrected chi connectivity index (χ2v) is 7.14. The zero-order chi connectivity index (χ0) is 12.6. The van der Waals surface area contributed by atoms with Gasteiger partial charge in [0, 0.05) is 23.7 Å². The van der Waals surface area contributed by atoms with Crippen molar-refractivity contribution in [3.05, 3.63) is 11.6 Å². The van der Waals surface area contributed by atoms with E-state index in [1.165, 1.54) is 12.0 Å². The lowest BCUT2D eigenvalue weighted by Crippen LogP contribution is -2.51. The molecule has 4 rings (SSSR count). The zero-order valence-electron chi connectivity index (χ0n) is 11.1. The van der Waals surface area contributed by atoms with Gasteiger partial charge in [-0.3, -0.25) is 9.59 Å². The predicted molar refractivity (Wildman–Crippen MR) is 68.0 cm³/mol. The summed E-state index contributed by atoms with van der Waals surface area (Å²) in [5, 5.41) is 0. The van der Waals surface area contributed by atoms with E-state index in [4.69, 9.17) is 0 Å². The summed E-state index contributed by atoms with van der Waals surface area (Å²) in [4.78, 5) is 24.7. The van der Waals surface area contributed by atoms with Gasteiger partial charge in [-0.2, -0.15) is 0 Å². The Kier molecular flexibility index (Phi) is 1.81. The molecule has 0 N–H and O–H groups in total. The van der Waals surface area contributed by atoms with Crippen LogP contribution in [0.25, 0.3) is 0 Å². The number of carbonyl (C=O) groups is 2. The first kappa shape index (κ1) is 11.0. The number of Topliss-reactive ketones (excluding diaryl/α,β-unsaturated/α-hetero) is 1. The number of ketones is 2. The first-order chi connectivity index (χ1) is 8.54. The molecule has 0 aliphatic heterocycles. The van der Waals surface area contributed by atoms with Crippen LogP contribution in [-0.2, 0) is 9.59 Å². The maximum atomic E-state index is 12.8. The van der Waals surface area contributed by atoms with Gasteiger partial charge in [-0.05, 0) is 50.0 Å². The molecule has 0 aromatic carbocycles. The third kappa shape index (κ3) is 0.886. The standard InChI is InChI=1S/C16H20O2/c1-14-5-2-3-13(18)16(14)6-4-11-9-12(17)10-15(11,16)8-7-14/h9H,2-8,10H2,1H3/t14-,15-,16-/m0/s1. The van der Waals surface area contributed by atoms with Crippen molar-refractivity contribution in [1.82, 2.24) is 0 Å². The Labute approximate surface area is 108 Å². The Morgan fingerprint density at radius 2 is 1.89 bits per heavy atom. The summed E-state index contributed by atoms with van der Waals surface area (Å²) in [5.41, 5.74) is 1.28. The van der Waals surface area contributed by atoms with Gasteiger partial charge in [0.2, 0.25) is 0 Å². The van der Waals surface area contributed by atoms with Crippen LogP contribution in [0.1, 0.15) is 58.3 Å². The lowest BCUT2D eigenvalue weighted by Gasteiger charge is -2.50. The Morgan fingerprint density at radius 3 is 2.72 bits per heavy atom. The molecule has 0 saturated heterocycles. The smallest absolute Gasteiger partial charge is 0.156 e. The highest BCUT2D eigenvalue weighted by Crippen LogP contribution is 2.77. The molecular weight excluding hydrogens is 224 g/mol. The molecule has 2 spiro atoms. The van der Waals surface area contributed by atoms with Gasteiger partial charge in [0.1, 0.15) is 5.78 Å². The molecule has 4 aliphatic rings. The summed E-state index contributed by atoms with van der Waals surface area (Å²) in [5.74, 6) is 0.749. The highest BCUT2D eigenvalue weighted by molar-refractivity contribution is 5.99. The van der Waals surface area contributed by atoms with Gasteiger partial charge in [0.15, 0.2) is 5.78 Å². The van der Waals surface area contributed by atoms with Crippen molar-refractivity contribution in [2.24, 2.45) is 16.2 Å². The monoisotopic (exact) mass is 244 g/mol. The van der Waals surface area contributed by atoms with Gasteiger partial charge in [-0.15, -0.1) is 0 Å². The van der Waals surface area contributed by atoms with Crippen LogP contribution >= 0.6 is 0 Å². The molecule has 0 aromatic heterocycles. The lowest BCUT2D eigenvalue weighted by molar-refractivity contribution is -0.146. The molecule has 3 atom stereocenters. The molecule has 0 unspecified atom stereocenters. The molecule has 18 heavy (non-hydrogen) atoms. The minimum Gasteiger partial charge on any atom is -0.299 e. The maximum Gasteiger partial charge on any atom is 0.156 e. The Balaban J connectivity index is 1.96. The molecule has 3 fully saturated rings.